The van der Waals surface area contributed by atoms with Gasteiger partial charge in [-0.05, 0) is 60.9 Å². The Labute approximate surface area is 190 Å². The van der Waals surface area contributed by atoms with Crippen molar-refractivity contribution in [2.75, 3.05) is 12.0 Å². The monoisotopic (exact) mass is 448 g/mol. The molecule has 1 aliphatic heterocycles. The predicted octanol–water partition coefficient (Wildman–Crippen LogP) is 4.99. The molecule has 1 N–H and O–H groups in total. The second-order valence-electron chi connectivity index (χ2n) is 7.56. The molecule has 7 heteroatoms. The van der Waals surface area contributed by atoms with Gasteiger partial charge in [0, 0.05) is 18.1 Å². The van der Waals surface area contributed by atoms with Gasteiger partial charge in [0.1, 0.15) is 11.5 Å². The van der Waals surface area contributed by atoms with Gasteiger partial charge in [-0.15, -0.1) is 0 Å². The number of rotatable bonds is 4. The van der Waals surface area contributed by atoms with E-state index in [-0.39, 0.29) is 22.6 Å². The number of hydrogen-bond acceptors (Lipinski definition) is 5. The molecule has 1 aromatic heterocycles. The Morgan fingerprint density at radius 3 is 2.44 bits per heavy atom. The number of amides is 1. The maximum atomic E-state index is 13.3. The second-order valence-corrected chi connectivity index (χ2v) is 7.97. The average Bonchev–Trinajstić information content (AvgIpc) is 3.04. The molecule has 2 heterocycles. The summed E-state index contributed by atoms with van der Waals surface area (Å²) in [7, 11) is 1.43. The van der Waals surface area contributed by atoms with Gasteiger partial charge in [-0.2, -0.15) is 0 Å². The van der Waals surface area contributed by atoms with Crippen molar-refractivity contribution in [2.45, 2.75) is 19.9 Å². The van der Waals surface area contributed by atoms with Crippen LogP contribution >= 0.6 is 11.6 Å². The first-order valence-corrected chi connectivity index (χ1v) is 10.3. The number of nitrogens with zero attached hydrogens (tertiary/aromatic N) is 2. The van der Waals surface area contributed by atoms with Crippen LogP contribution in [0.2, 0.25) is 5.02 Å². The van der Waals surface area contributed by atoms with E-state index in [9.17, 15) is 14.7 Å². The van der Waals surface area contributed by atoms with Crippen molar-refractivity contribution >= 4 is 34.7 Å². The van der Waals surface area contributed by atoms with Gasteiger partial charge in [0.2, 0.25) is 0 Å². The molecule has 0 saturated carbocycles. The van der Waals surface area contributed by atoms with Crippen LogP contribution in [0.3, 0.4) is 0 Å². The summed E-state index contributed by atoms with van der Waals surface area (Å²) in [6, 6.07) is 13.3. The summed E-state index contributed by atoms with van der Waals surface area (Å²) in [5.41, 5.74) is 3.03. The maximum absolute atomic E-state index is 13.3. The molecule has 1 unspecified atom stereocenters. The highest BCUT2D eigenvalue weighted by atomic mass is 35.5. The Bertz CT molecular complexity index is 1250. The maximum Gasteiger partial charge on any atom is 0.300 e. The van der Waals surface area contributed by atoms with Crippen LogP contribution in [-0.4, -0.2) is 28.9 Å². The zero-order chi connectivity index (χ0) is 23.0. The number of aryl methyl sites for hydroxylation is 2. The number of aliphatic hydroxyl groups excluding tert-OH is 1. The van der Waals surface area contributed by atoms with E-state index in [0.717, 1.165) is 11.1 Å². The van der Waals surface area contributed by atoms with Gasteiger partial charge in [0.25, 0.3) is 11.7 Å². The molecule has 0 aliphatic carbocycles. The molecule has 1 fully saturated rings. The molecule has 162 valence electrons. The van der Waals surface area contributed by atoms with Gasteiger partial charge in [0.05, 0.1) is 29.3 Å². The third kappa shape index (κ3) is 3.52. The predicted molar refractivity (Wildman–Crippen MR) is 123 cm³/mol. The van der Waals surface area contributed by atoms with Crippen LogP contribution < -0.4 is 9.64 Å². The SMILES string of the molecule is COc1c(Cl)cc(C)cc1/C(O)=C1\C(=O)C(=O)N(c2ccccc2C)C1c1ccncc1. The van der Waals surface area contributed by atoms with Gasteiger partial charge in [-0.1, -0.05) is 29.8 Å². The largest absolute Gasteiger partial charge is 0.507 e. The molecule has 0 radical (unpaired) electrons. The number of benzene rings is 2. The first kappa shape index (κ1) is 21.6. The van der Waals surface area contributed by atoms with Gasteiger partial charge < -0.3 is 9.84 Å². The van der Waals surface area contributed by atoms with Crippen LogP contribution in [0.4, 0.5) is 5.69 Å². The van der Waals surface area contributed by atoms with Crippen molar-refractivity contribution in [2.24, 2.45) is 0 Å². The molecular weight excluding hydrogens is 428 g/mol. The highest BCUT2D eigenvalue weighted by Gasteiger charge is 2.47. The van der Waals surface area contributed by atoms with E-state index in [1.807, 2.05) is 26.0 Å². The number of pyridine rings is 1. The minimum Gasteiger partial charge on any atom is -0.507 e. The Hall–Kier alpha value is -3.64. The van der Waals surface area contributed by atoms with E-state index in [4.69, 9.17) is 16.3 Å². The van der Waals surface area contributed by atoms with Crippen molar-refractivity contribution in [1.82, 2.24) is 4.98 Å². The fraction of sp³-hybridized carbons (Fsp3) is 0.160. The summed E-state index contributed by atoms with van der Waals surface area (Å²) >= 11 is 6.32. The smallest absolute Gasteiger partial charge is 0.300 e. The molecule has 0 spiro atoms. The van der Waals surface area contributed by atoms with E-state index in [1.54, 1.807) is 48.8 Å². The van der Waals surface area contributed by atoms with Gasteiger partial charge in [0.15, 0.2) is 0 Å². The zero-order valence-corrected chi connectivity index (χ0v) is 18.6. The number of aliphatic hydroxyl groups is 1. The Morgan fingerprint density at radius 2 is 1.78 bits per heavy atom. The number of para-hydroxylation sites is 1. The highest BCUT2D eigenvalue weighted by Crippen LogP contribution is 2.44. The average molecular weight is 449 g/mol. The van der Waals surface area contributed by atoms with Crippen LogP contribution in [0, 0.1) is 13.8 Å². The third-order valence-electron chi connectivity index (χ3n) is 5.49. The first-order chi connectivity index (χ1) is 15.3. The van der Waals surface area contributed by atoms with Crippen LogP contribution in [0.15, 0.2) is 66.5 Å². The molecule has 2 aromatic carbocycles. The van der Waals surface area contributed by atoms with Crippen molar-refractivity contribution in [3.8, 4) is 5.75 Å². The number of ether oxygens (including phenoxy) is 1. The molecule has 4 rings (SSSR count). The van der Waals surface area contributed by atoms with E-state index in [2.05, 4.69) is 4.98 Å². The summed E-state index contributed by atoms with van der Waals surface area (Å²) < 4.78 is 5.40. The minimum absolute atomic E-state index is 0.0376. The summed E-state index contributed by atoms with van der Waals surface area (Å²) in [5.74, 6) is -1.62. The molecule has 1 saturated heterocycles. The number of halogens is 1. The summed E-state index contributed by atoms with van der Waals surface area (Å²) in [5, 5.41) is 11.7. The van der Waals surface area contributed by atoms with E-state index in [1.165, 1.54) is 12.0 Å². The fourth-order valence-electron chi connectivity index (χ4n) is 4.03. The summed E-state index contributed by atoms with van der Waals surface area (Å²) in [6.07, 6.45) is 3.16. The normalized spacial score (nSPS) is 17.6. The lowest BCUT2D eigenvalue weighted by atomic mass is 9.94. The van der Waals surface area contributed by atoms with Crippen LogP contribution in [0.5, 0.6) is 5.75 Å². The molecule has 6 nitrogen and oxygen atoms in total. The lowest BCUT2D eigenvalue weighted by Gasteiger charge is -2.26. The minimum atomic E-state index is -0.844. The summed E-state index contributed by atoms with van der Waals surface area (Å²) in [4.78, 5) is 32.0. The molecule has 32 heavy (non-hydrogen) atoms. The number of aromatic nitrogens is 1. The number of carbonyl (C=O) groups is 2. The number of hydrogen-bond donors (Lipinski definition) is 1. The lowest BCUT2D eigenvalue weighted by molar-refractivity contribution is -0.132. The Kier molecular flexibility index (Phi) is 5.72. The molecule has 1 aliphatic rings. The van der Waals surface area contributed by atoms with Gasteiger partial charge >= 0.3 is 0 Å². The number of Topliss-reactive ketones (excluding diaryl/α,β-unsaturated/α-hetero) is 1. The number of ketones is 1. The fourth-order valence-corrected chi connectivity index (χ4v) is 4.38. The van der Waals surface area contributed by atoms with Crippen molar-refractivity contribution in [3.63, 3.8) is 0 Å². The van der Waals surface area contributed by atoms with E-state index < -0.39 is 17.7 Å². The van der Waals surface area contributed by atoms with Crippen molar-refractivity contribution < 1.29 is 19.4 Å². The highest BCUT2D eigenvalue weighted by molar-refractivity contribution is 6.52. The first-order valence-electron chi connectivity index (χ1n) is 9.96. The van der Waals surface area contributed by atoms with Crippen molar-refractivity contribution in [3.05, 3.63) is 93.8 Å². The molecule has 0 bridgehead atoms. The van der Waals surface area contributed by atoms with Crippen LogP contribution in [0.1, 0.15) is 28.3 Å². The number of carbonyl (C=O) groups excluding carboxylic acids is 2. The van der Waals surface area contributed by atoms with E-state index >= 15 is 0 Å². The quantitative estimate of drug-likeness (QED) is 0.345. The molecule has 3 aromatic rings. The van der Waals surface area contributed by atoms with Gasteiger partial charge in [-0.25, -0.2) is 0 Å². The van der Waals surface area contributed by atoms with Crippen molar-refractivity contribution in [1.29, 1.82) is 0 Å². The Balaban J connectivity index is 2.02. The second kappa shape index (κ2) is 8.48. The third-order valence-corrected chi connectivity index (χ3v) is 5.77. The molecule has 1 amide bonds. The lowest BCUT2D eigenvalue weighted by Crippen LogP contribution is -2.30. The molecule has 1 atom stereocenters. The number of anilines is 1. The topological polar surface area (TPSA) is 79.7 Å². The van der Waals surface area contributed by atoms with Gasteiger partial charge in [-0.3, -0.25) is 19.5 Å². The zero-order valence-electron chi connectivity index (χ0n) is 17.8. The van der Waals surface area contributed by atoms with Crippen LogP contribution in [0.25, 0.3) is 5.76 Å². The summed E-state index contributed by atoms with van der Waals surface area (Å²) in [6.45, 7) is 3.68. The van der Waals surface area contributed by atoms with E-state index in [0.29, 0.717) is 16.3 Å². The standard InChI is InChI=1S/C25H21ClN2O4/c1-14-12-17(24(32-3)18(26)13-14)22(29)20-21(16-8-10-27-11-9-16)28(25(31)23(20)30)19-7-5-4-6-15(19)2/h4-13,21,29H,1-3H3/b22-20+. The number of methoxy groups -OCH3 is 1. The molecular formula is C25H21ClN2O4. The van der Waals surface area contributed by atoms with Crippen LogP contribution in [-0.2, 0) is 9.59 Å². The Morgan fingerprint density at radius 1 is 1.09 bits per heavy atom.